The van der Waals surface area contributed by atoms with Gasteiger partial charge in [-0.2, -0.15) is 9.40 Å². The SMILES string of the molecule is CC(C)(O)CN1CCN(S(=O)(=O)c2cn[nH]c2)CC1. The molecule has 0 spiro atoms. The molecule has 0 bridgehead atoms. The van der Waals surface area contributed by atoms with Crippen LogP contribution in [0.2, 0.25) is 0 Å². The van der Waals surface area contributed by atoms with E-state index in [-0.39, 0.29) is 4.90 Å². The van der Waals surface area contributed by atoms with Crippen molar-refractivity contribution in [3.05, 3.63) is 12.4 Å². The number of H-pyrrole nitrogens is 1. The molecule has 1 saturated heterocycles. The van der Waals surface area contributed by atoms with Crippen molar-refractivity contribution in [3.63, 3.8) is 0 Å². The van der Waals surface area contributed by atoms with Gasteiger partial charge in [0.05, 0.1) is 11.8 Å². The van der Waals surface area contributed by atoms with Gasteiger partial charge in [0.2, 0.25) is 10.0 Å². The Bertz CT molecular complexity index is 499. The lowest BCUT2D eigenvalue weighted by atomic mass is 10.1. The third-order valence-electron chi connectivity index (χ3n) is 3.05. The number of aliphatic hydroxyl groups is 1. The number of piperazine rings is 1. The van der Waals surface area contributed by atoms with Crippen molar-refractivity contribution in [2.24, 2.45) is 0 Å². The third-order valence-corrected chi connectivity index (χ3v) is 4.92. The van der Waals surface area contributed by atoms with Crippen LogP contribution >= 0.6 is 0 Å². The van der Waals surface area contributed by atoms with Crippen LogP contribution in [-0.2, 0) is 10.0 Å². The molecule has 2 heterocycles. The fourth-order valence-electron chi connectivity index (χ4n) is 2.20. The molecule has 1 aliphatic rings. The predicted octanol–water partition coefficient (Wildman–Crippen LogP) is -0.513. The lowest BCUT2D eigenvalue weighted by Crippen LogP contribution is -2.51. The molecule has 1 fully saturated rings. The average Bonchev–Trinajstić information content (AvgIpc) is 2.81. The molecular weight excluding hydrogens is 268 g/mol. The molecule has 2 rings (SSSR count). The van der Waals surface area contributed by atoms with Gasteiger partial charge in [-0.15, -0.1) is 0 Å². The molecule has 1 aromatic heterocycles. The highest BCUT2D eigenvalue weighted by molar-refractivity contribution is 7.89. The highest BCUT2D eigenvalue weighted by atomic mass is 32.2. The fraction of sp³-hybridized carbons (Fsp3) is 0.727. The Balaban J connectivity index is 1.97. The first-order chi connectivity index (χ1) is 8.79. The summed E-state index contributed by atoms with van der Waals surface area (Å²) in [7, 11) is -3.44. The van der Waals surface area contributed by atoms with Gasteiger partial charge in [-0.1, -0.05) is 0 Å². The average molecular weight is 288 g/mol. The molecule has 1 aliphatic heterocycles. The van der Waals surface area contributed by atoms with E-state index in [1.165, 1.54) is 16.7 Å². The monoisotopic (exact) mass is 288 g/mol. The summed E-state index contributed by atoms with van der Waals surface area (Å²) in [5.74, 6) is 0. The molecular formula is C11H20N4O3S. The largest absolute Gasteiger partial charge is 0.389 e. The number of aromatic amines is 1. The Labute approximate surface area is 113 Å². The van der Waals surface area contributed by atoms with E-state index in [4.69, 9.17) is 0 Å². The van der Waals surface area contributed by atoms with E-state index < -0.39 is 15.6 Å². The van der Waals surface area contributed by atoms with Gasteiger partial charge in [0, 0.05) is 38.9 Å². The Morgan fingerprint density at radius 1 is 1.37 bits per heavy atom. The number of sulfonamides is 1. The summed E-state index contributed by atoms with van der Waals surface area (Å²) in [6, 6.07) is 0. The second-order valence-corrected chi connectivity index (χ2v) is 7.36. The Morgan fingerprint density at radius 2 is 2.00 bits per heavy atom. The zero-order valence-corrected chi connectivity index (χ0v) is 12.0. The predicted molar refractivity (Wildman–Crippen MR) is 70.1 cm³/mol. The minimum atomic E-state index is -3.44. The van der Waals surface area contributed by atoms with E-state index in [0.717, 1.165) is 0 Å². The van der Waals surface area contributed by atoms with Crippen molar-refractivity contribution in [1.82, 2.24) is 19.4 Å². The Hall–Kier alpha value is -0.960. The second-order valence-electron chi connectivity index (χ2n) is 5.43. The van der Waals surface area contributed by atoms with Crippen molar-refractivity contribution >= 4 is 10.0 Å². The molecule has 0 aliphatic carbocycles. The van der Waals surface area contributed by atoms with Gasteiger partial charge in [0.15, 0.2) is 0 Å². The van der Waals surface area contributed by atoms with Crippen LogP contribution in [0.15, 0.2) is 17.3 Å². The number of nitrogens with one attached hydrogen (secondary N) is 1. The molecule has 0 radical (unpaired) electrons. The van der Waals surface area contributed by atoms with Gasteiger partial charge in [-0.25, -0.2) is 8.42 Å². The van der Waals surface area contributed by atoms with E-state index >= 15 is 0 Å². The zero-order chi connectivity index (χ0) is 14.1. The number of hydrogen-bond acceptors (Lipinski definition) is 5. The summed E-state index contributed by atoms with van der Waals surface area (Å²) in [5, 5.41) is 15.9. The lowest BCUT2D eigenvalue weighted by molar-refractivity contribution is 0.0263. The van der Waals surface area contributed by atoms with Gasteiger partial charge in [0.25, 0.3) is 0 Å². The van der Waals surface area contributed by atoms with E-state index in [0.29, 0.717) is 32.7 Å². The number of β-amino-alcohol motifs (C(OH)–C–C–N with tert-alkyl or cyclic N) is 1. The van der Waals surface area contributed by atoms with E-state index in [9.17, 15) is 13.5 Å². The first-order valence-corrected chi connectivity index (χ1v) is 7.67. The minimum Gasteiger partial charge on any atom is -0.389 e. The summed E-state index contributed by atoms with van der Waals surface area (Å²) in [6.45, 7) is 6.17. The smallest absolute Gasteiger partial charge is 0.246 e. The maximum Gasteiger partial charge on any atom is 0.246 e. The summed E-state index contributed by atoms with van der Waals surface area (Å²) in [4.78, 5) is 2.27. The normalized spacial score (nSPS) is 19.7. The number of aromatic nitrogens is 2. The Morgan fingerprint density at radius 3 is 2.47 bits per heavy atom. The summed E-state index contributed by atoms with van der Waals surface area (Å²) < 4.78 is 25.9. The quantitative estimate of drug-likeness (QED) is 0.778. The van der Waals surface area contributed by atoms with Crippen molar-refractivity contribution < 1.29 is 13.5 Å². The maximum atomic E-state index is 12.2. The molecule has 1 aromatic rings. The van der Waals surface area contributed by atoms with Gasteiger partial charge < -0.3 is 5.11 Å². The van der Waals surface area contributed by atoms with Crippen molar-refractivity contribution in [3.8, 4) is 0 Å². The Kier molecular flexibility index (Phi) is 3.95. The highest BCUT2D eigenvalue weighted by Gasteiger charge is 2.30. The summed E-state index contributed by atoms with van der Waals surface area (Å²) >= 11 is 0. The molecule has 2 N–H and O–H groups in total. The van der Waals surface area contributed by atoms with Crippen LogP contribution in [0.4, 0.5) is 0 Å². The van der Waals surface area contributed by atoms with Gasteiger partial charge >= 0.3 is 0 Å². The summed E-state index contributed by atoms with van der Waals surface area (Å²) in [5.41, 5.74) is -0.758. The summed E-state index contributed by atoms with van der Waals surface area (Å²) in [6.07, 6.45) is 2.71. The van der Waals surface area contributed by atoms with Crippen molar-refractivity contribution in [2.75, 3.05) is 32.7 Å². The molecule has 0 amide bonds. The number of nitrogens with zero attached hydrogens (tertiary/aromatic N) is 3. The van der Waals surface area contributed by atoms with Crippen LogP contribution in [0, 0.1) is 0 Å². The third kappa shape index (κ3) is 3.53. The molecule has 19 heavy (non-hydrogen) atoms. The van der Waals surface area contributed by atoms with Crippen molar-refractivity contribution in [2.45, 2.75) is 24.3 Å². The van der Waals surface area contributed by atoms with Gasteiger partial charge in [-0.3, -0.25) is 10.00 Å². The first kappa shape index (κ1) is 14.4. The fourth-order valence-corrected chi connectivity index (χ4v) is 3.53. The molecule has 0 saturated carbocycles. The highest BCUT2D eigenvalue weighted by Crippen LogP contribution is 2.17. The number of hydrogen-bond donors (Lipinski definition) is 2. The van der Waals surface area contributed by atoms with E-state index in [2.05, 4.69) is 15.1 Å². The minimum absolute atomic E-state index is 0.198. The number of rotatable bonds is 4. The second kappa shape index (κ2) is 5.20. The van der Waals surface area contributed by atoms with E-state index in [1.54, 1.807) is 13.8 Å². The zero-order valence-electron chi connectivity index (χ0n) is 11.2. The standard InChI is InChI=1S/C11H20N4O3S/c1-11(2,16)9-14-3-5-15(6-4-14)19(17,18)10-7-12-13-8-10/h7-8,16H,3-6,9H2,1-2H3,(H,12,13). The van der Waals surface area contributed by atoms with Crippen LogP contribution in [0.1, 0.15) is 13.8 Å². The molecule has 0 atom stereocenters. The molecule has 8 heteroatoms. The van der Waals surface area contributed by atoms with E-state index in [1.807, 2.05) is 0 Å². The van der Waals surface area contributed by atoms with Crippen LogP contribution < -0.4 is 0 Å². The topological polar surface area (TPSA) is 89.5 Å². The van der Waals surface area contributed by atoms with Crippen LogP contribution in [-0.4, -0.2) is 71.3 Å². The maximum absolute atomic E-state index is 12.2. The first-order valence-electron chi connectivity index (χ1n) is 6.23. The molecule has 7 nitrogen and oxygen atoms in total. The van der Waals surface area contributed by atoms with Gasteiger partial charge in [-0.05, 0) is 13.8 Å². The van der Waals surface area contributed by atoms with Crippen LogP contribution in [0.3, 0.4) is 0 Å². The molecule has 0 unspecified atom stereocenters. The van der Waals surface area contributed by atoms with Crippen LogP contribution in [0.25, 0.3) is 0 Å². The van der Waals surface area contributed by atoms with Crippen molar-refractivity contribution in [1.29, 1.82) is 0 Å². The lowest BCUT2D eigenvalue weighted by Gasteiger charge is -2.36. The molecule has 0 aromatic carbocycles. The van der Waals surface area contributed by atoms with Crippen LogP contribution in [0.5, 0.6) is 0 Å². The van der Waals surface area contributed by atoms with Gasteiger partial charge in [0.1, 0.15) is 4.90 Å². The molecule has 108 valence electrons.